The van der Waals surface area contributed by atoms with Crippen LogP contribution in [0.3, 0.4) is 0 Å². The SMILES string of the molecule is O=C(CC1CCCCC1)N1CCC2(CC1)CC(Cc1noc(C3CCC3)n1)CCO2. The minimum atomic E-state index is -0.0505. The highest BCUT2D eigenvalue weighted by molar-refractivity contribution is 5.76. The lowest BCUT2D eigenvalue weighted by molar-refractivity contribution is -0.148. The van der Waals surface area contributed by atoms with E-state index in [1.165, 1.54) is 51.4 Å². The van der Waals surface area contributed by atoms with E-state index in [9.17, 15) is 4.79 Å². The second-order valence-corrected chi connectivity index (χ2v) is 10.4. The van der Waals surface area contributed by atoms with E-state index in [4.69, 9.17) is 9.26 Å². The Morgan fingerprint density at radius 3 is 2.53 bits per heavy atom. The van der Waals surface area contributed by atoms with Crippen LogP contribution in [0.25, 0.3) is 0 Å². The Hall–Kier alpha value is -1.43. The van der Waals surface area contributed by atoms with Gasteiger partial charge >= 0.3 is 0 Å². The van der Waals surface area contributed by atoms with Crippen LogP contribution >= 0.6 is 0 Å². The van der Waals surface area contributed by atoms with Crippen molar-refractivity contribution in [2.75, 3.05) is 19.7 Å². The van der Waals surface area contributed by atoms with Crippen molar-refractivity contribution in [3.05, 3.63) is 11.7 Å². The van der Waals surface area contributed by atoms with Gasteiger partial charge in [-0.15, -0.1) is 0 Å². The molecule has 3 heterocycles. The first-order valence-corrected chi connectivity index (χ1v) is 12.4. The maximum Gasteiger partial charge on any atom is 0.229 e. The number of carbonyl (C=O) groups excluding carboxylic acids is 1. The number of amides is 1. The third-order valence-corrected chi connectivity index (χ3v) is 8.22. The molecule has 2 saturated heterocycles. The number of nitrogens with zero attached hydrogens (tertiary/aromatic N) is 3. The van der Waals surface area contributed by atoms with E-state index in [0.29, 0.717) is 23.7 Å². The van der Waals surface area contributed by atoms with Gasteiger partial charge in [0, 0.05) is 38.5 Å². The molecule has 30 heavy (non-hydrogen) atoms. The van der Waals surface area contributed by atoms with Crippen molar-refractivity contribution >= 4 is 5.91 Å². The van der Waals surface area contributed by atoms with Crippen molar-refractivity contribution in [3.8, 4) is 0 Å². The van der Waals surface area contributed by atoms with Crippen LogP contribution in [0.5, 0.6) is 0 Å². The Morgan fingerprint density at radius 1 is 1.00 bits per heavy atom. The first-order chi connectivity index (χ1) is 14.7. The molecule has 1 unspecified atom stereocenters. The lowest BCUT2D eigenvalue weighted by Gasteiger charge is -2.46. The van der Waals surface area contributed by atoms with Crippen molar-refractivity contribution in [2.24, 2.45) is 11.8 Å². The number of ether oxygens (including phenoxy) is 1. The van der Waals surface area contributed by atoms with E-state index < -0.39 is 0 Å². The average molecular weight is 416 g/mol. The third kappa shape index (κ3) is 4.58. The monoisotopic (exact) mass is 415 g/mol. The second-order valence-electron chi connectivity index (χ2n) is 10.4. The molecule has 0 radical (unpaired) electrons. The normalized spacial score (nSPS) is 27.9. The van der Waals surface area contributed by atoms with Gasteiger partial charge in [-0.1, -0.05) is 30.8 Å². The summed E-state index contributed by atoms with van der Waals surface area (Å²) in [5, 5.41) is 4.26. The zero-order chi connectivity index (χ0) is 20.4. The highest BCUT2D eigenvalue weighted by Crippen LogP contribution is 2.40. The highest BCUT2D eigenvalue weighted by Gasteiger charge is 2.41. The summed E-state index contributed by atoms with van der Waals surface area (Å²) in [7, 11) is 0. The molecule has 1 aromatic heterocycles. The molecule has 1 aromatic rings. The van der Waals surface area contributed by atoms with Gasteiger partial charge in [-0.3, -0.25) is 4.79 Å². The molecule has 0 N–H and O–H groups in total. The zero-order valence-electron chi connectivity index (χ0n) is 18.3. The molecule has 6 nitrogen and oxygen atoms in total. The lowest BCUT2D eigenvalue weighted by Crippen LogP contribution is -2.51. The summed E-state index contributed by atoms with van der Waals surface area (Å²) in [6, 6.07) is 0. The molecule has 4 fully saturated rings. The predicted octanol–water partition coefficient (Wildman–Crippen LogP) is 4.64. The van der Waals surface area contributed by atoms with Crippen LogP contribution in [0.15, 0.2) is 4.52 Å². The predicted molar refractivity (Wildman–Crippen MR) is 113 cm³/mol. The van der Waals surface area contributed by atoms with E-state index in [1.807, 2.05) is 0 Å². The van der Waals surface area contributed by atoms with Gasteiger partial charge in [0.2, 0.25) is 11.8 Å². The molecule has 2 aliphatic carbocycles. The molecular weight excluding hydrogens is 378 g/mol. The zero-order valence-corrected chi connectivity index (χ0v) is 18.3. The smallest absolute Gasteiger partial charge is 0.229 e. The largest absolute Gasteiger partial charge is 0.375 e. The van der Waals surface area contributed by atoms with Crippen molar-refractivity contribution in [2.45, 2.75) is 101 Å². The molecule has 1 atom stereocenters. The van der Waals surface area contributed by atoms with Crippen molar-refractivity contribution in [3.63, 3.8) is 0 Å². The van der Waals surface area contributed by atoms with E-state index >= 15 is 0 Å². The van der Waals surface area contributed by atoms with Gasteiger partial charge in [0.1, 0.15) is 0 Å². The van der Waals surface area contributed by atoms with Crippen LogP contribution in [0, 0.1) is 11.8 Å². The van der Waals surface area contributed by atoms with E-state index in [1.54, 1.807) is 0 Å². The van der Waals surface area contributed by atoms with Crippen LogP contribution in [0.1, 0.15) is 101 Å². The fraction of sp³-hybridized carbons (Fsp3) is 0.875. The van der Waals surface area contributed by atoms with Crippen LogP contribution in [0.4, 0.5) is 0 Å². The Bertz CT molecular complexity index is 715. The summed E-state index contributed by atoms with van der Waals surface area (Å²) >= 11 is 0. The number of rotatable bonds is 5. The number of likely N-dealkylation sites (tertiary alicyclic amines) is 1. The molecule has 2 aliphatic heterocycles. The maximum atomic E-state index is 12.8. The molecule has 1 spiro atoms. The van der Waals surface area contributed by atoms with Gasteiger partial charge in [-0.25, -0.2) is 0 Å². The average Bonchev–Trinajstić information content (AvgIpc) is 3.15. The van der Waals surface area contributed by atoms with Crippen molar-refractivity contribution in [1.29, 1.82) is 0 Å². The minimum absolute atomic E-state index is 0.0505. The summed E-state index contributed by atoms with van der Waals surface area (Å²) < 4.78 is 11.8. The van der Waals surface area contributed by atoms with Gasteiger partial charge in [-0.2, -0.15) is 4.98 Å². The second kappa shape index (κ2) is 8.97. The third-order valence-electron chi connectivity index (χ3n) is 8.22. The molecule has 166 valence electrons. The van der Waals surface area contributed by atoms with Crippen molar-refractivity contribution in [1.82, 2.24) is 15.0 Å². The number of piperidine rings is 1. The molecular formula is C24H37N3O3. The van der Waals surface area contributed by atoms with Gasteiger partial charge in [0.25, 0.3) is 0 Å². The Kier molecular flexibility index (Phi) is 6.12. The van der Waals surface area contributed by atoms with Gasteiger partial charge < -0.3 is 14.2 Å². The summed E-state index contributed by atoms with van der Waals surface area (Å²) in [4.78, 5) is 19.6. The number of hydrogen-bond donors (Lipinski definition) is 0. The summed E-state index contributed by atoms with van der Waals surface area (Å²) in [5.41, 5.74) is -0.0505. The standard InChI is InChI=1S/C24H37N3O3/c28-22(16-18-5-2-1-3-6-18)27-12-10-24(11-13-27)17-19(9-14-29-24)15-21-25-23(30-26-21)20-7-4-8-20/h18-20H,1-17H2. The van der Waals surface area contributed by atoms with Crippen LogP contribution < -0.4 is 0 Å². The quantitative estimate of drug-likeness (QED) is 0.701. The van der Waals surface area contributed by atoms with Gasteiger partial charge in [-0.05, 0) is 63.2 Å². The fourth-order valence-corrected chi connectivity index (χ4v) is 6.01. The Balaban J connectivity index is 1.11. The maximum absolute atomic E-state index is 12.8. The highest BCUT2D eigenvalue weighted by atomic mass is 16.5. The first-order valence-electron chi connectivity index (χ1n) is 12.4. The van der Waals surface area contributed by atoms with E-state index in [2.05, 4.69) is 15.0 Å². The summed E-state index contributed by atoms with van der Waals surface area (Å²) in [6.07, 6.45) is 15.8. The van der Waals surface area contributed by atoms with Gasteiger partial charge in [0.05, 0.1) is 5.60 Å². The molecule has 0 aromatic carbocycles. The number of aromatic nitrogens is 2. The van der Waals surface area contributed by atoms with Crippen LogP contribution in [0.2, 0.25) is 0 Å². The van der Waals surface area contributed by atoms with E-state index in [-0.39, 0.29) is 5.60 Å². The lowest BCUT2D eigenvalue weighted by atomic mass is 9.78. The first kappa shape index (κ1) is 20.5. The topological polar surface area (TPSA) is 68.5 Å². The molecule has 2 saturated carbocycles. The molecule has 5 rings (SSSR count). The minimum Gasteiger partial charge on any atom is -0.375 e. The van der Waals surface area contributed by atoms with Gasteiger partial charge in [0.15, 0.2) is 5.82 Å². The number of hydrogen-bond acceptors (Lipinski definition) is 5. The molecule has 4 aliphatic rings. The van der Waals surface area contributed by atoms with Crippen LogP contribution in [-0.2, 0) is 16.0 Å². The van der Waals surface area contributed by atoms with Crippen LogP contribution in [-0.4, -0.2) is 46.2 Å². The van der Waals surface area contributed by atoms with E-state index in [0.717, 1.165) is 69.9 Å². The molecule has 0 bridgehead atoms. The summed E-state index contributed by atoms with van der Waals surface area (Å²) in [5.74, 6) is 3.77. The Labute approximate surface area is 180 Å². The van der Waals surface area contributed by atoms with Crippen molar-refractivity contribution < 1.29 is 14.1 Å². The molecule has 6 heteroatoms. The fourth-order valence-electron chi connectivity index (χ4n) is 6.01. The number of carbonyl (C=O) groups is 1. The summed E-state index contributed by atoms with van der Waals surface area (Å²) in [6.45, 7) is 2.52. The molecule has 1 amide bonds. The Morgan fingerprint density at radius 2 is 1.80 bits per heavy atom.